The first kappa shape index (κ1) is 22.7. The molecule has 0 aromatic carbocycles. The Morgan fingerprint density at radius 2 is 2.07 bits per heavy atom. The lowest BCUT2D eigenvalue weighted by Crippen LogP contribution is -2.70. The number of hydrogen-bond donors (Lipinski definition) is 5. The summed E-state index contributed by atoms with van der Waals surface area (Å²) < 4.78 is 6.00. The zero-order valence-corrected chi connectivity index (χ0v) is 18.2. The standard InChI is InChI=1S/C20H39ClN4O3/c1-4-6-7-8-12(5-2)17-23-16(22)13-9-10-25(18(13)24-17)19-15(26)20(3,27)14(11-21)28-19/h12-19,23-24,26-27H,4-11,22H2,1-3H3/t12?,13?,14-,15+,16?,17?,18?,19-,20-/m1/s1. The molecule has 28 heavy (non-hydrogen) atoms. The second-order valence-corrected chi connectivity index (χ2v) is 9.28. The van der Waals surface area contributed by atoms with Crippen LogP contribution in [0.5, 0.6) is 0 Å². The molecule has 0 aliphatic carbocycles. The number of nitrogens with two attached hydrogens (primary N) is 1. The van der Waals surface area contributed by atoms with Crippen molar-refractivity contribution in [3.63, 3.8) is 0 Å². The first-order valence-corrected chi connectivity index (χ1v) is 11.5. The Morgan fingerprint density at radius 1 is 1.32 bits per heavy atom. The SMILES string of the molecule is CCCCCC(CC)C1NC(N)C2CCN([C@@H]3O[C@H](CCl)[C@@](C)(O)[C@H]3O)C2N1. The van der Waals surface area contributed by atoms with Crippen molar-refractivity contribution in [2.75, 3.05) is 12.4 Å². The van der Waals surface area contributed by atoms with E-state index in [2.05, 4.69) is 29.4 Å². The Kier molecular flexibility index (Phi) is 7.64. The molecular weight excluding hydrogens is 380 g/mol. The number of nitrogens with zero attached hydrogens (tertiary/aromatic N) is 1. The lowest BCUT2D eigenvalue weighted by molar-refractivity contribution is -0.109. The van der Waals surface area contributed by atoms with Gasteiger partial charge in [0.2, 0.25) is 0 Å². The third kappa shape index (κ3) is 4.23. The van der Waals surface area contributed by atoms with Crippen LogP contribution in [0.15, 0.2) is 0 Å². The molecule has 0 aromatic rings. The summed E-state index contributed by atoms with van der Waals surface area (Å²) in [5, 5.41) is 28.8. The second kappa shape index (κ2) is 9.43. The summed E-state index contributed by atoms with van der Waals surface area (Å²) in [6.45, 7) is 6.83. The van der Waals surface area contributed by atoms with Crippen LogP contribution in [0.1, 0.15) is 59.3 Å². The van der Waals surface area contributed by atoms with Crippen molar-refractivity contribution in [2.24, 2.45) is 17.6 Å². The maximum absolute atomic E-state index is 10.7. The van der Waals surface area contributed by atoms with Crippen molar-refractivity contribution >= 4 is 11.6 Å². The molecule has 0 spiro atoms. The number of hydrogen-bond acceptors (Lipinski definition) is 7. The van der Waals surface area contributed by atoms with E-state index in [1.165, 1.54) is 25.7 Å². The molecule has 8 heteroatoms. The molecule has 3 fully saturated rings. The van der Waals surface area contributed by atoms with Gasteiger partial charge in [-0.05, 0) is 25.7 Å². The minimum absolute atomic E-state index is 0.0194. The Labute approximate surface area is 174 Å². The highest BCUT2D eigenvalue weighted by Gasteiger charge is 2.57. The highest BCUT2D eigenvalue weighted by Crippen LogP contribution is 2.39. The molecule has 164 valence electrons. The Morgan fingerprint density at radius 3 is 2.68 bits per heavy atom. The van der Waals surface area contributed by atoms with Crippen LogP contribution in [0.2, 0.25) is 0 Å². The van der Waals surface area contributed by atoms with Gasteiger partial charge in [-0.15, -0.1) is 11.6 Å². The van der Waals surface area contributed by atoms with Gasteiger partial charge in [0, 0.05) is 12.5 Å². The van der Waals surface area contributed by atoms with Crippen molar-refractivity contribution in [2.45, 2.75) is 102 Å². The van der Waals surface area contributed by atoms with Gasteiger partial charge in [-0.1, -0.05) is 39.5 Å². The summed E-state index contributed by atoms with van der Waals surface area (Å²) in [5.41, 5.74) is 5.15. The zero-order chi connectivity index (χ0) is 20.5. The molecule has 0 amide bonds. The van der Waals surface area contributed by atoms with E-state index in [0.717, 1.165) is 19.4 Å². The van der Waals surface area contributed by atoms with Crippen LogP contribution in [-0.2, 0) is 4.74 Å². The van der Waals surface area contributed by atoms with E-state index in [1.54, 1.807) is 6.92 Å². The monoisotopic (exact) mass is 418 g/mol. The van der Waals surface area contributed by atoms with Gasteiger partial charge in [-0.25, -0.2) is 0 Å². The fourth-order valence-corrected chi connectivity index (χ4v) is 5.52. The minimum Gasteiger partial charge on any atom is -0.386 e. The van der Waals surface area contributed by atoms with E-state index in [9.17, 15) is 10.2 Å². The smallest absolute Gasteiger partial charge is 0.141 e. The lowest BCUT2D eigenvalue weighted by Gasteiger charge is -2.45. The first-order chi connectivity index (χ1) is 13.3. The largest absolute Gasteiger partial charge is 0.386 e. The molecule has 0 saturated carbocycles. The molecule has 0 radical (unpaired) electrons. The molecule has 0 aromatic heterocycles. The number of aliphatic hydroxyl groups is 2. The molecule has 6 N–H and O–H groups in total. The van der Waals surface area contributed by atoms with Crippen molar-refractivity contribution in [3.8, 4) is 0 Å². The van der Waals surface area contributed by atoms with Crippen LogP contribution in [0.25, 0.3) is 0 Å². The summed E-state index contributed by atoms with van der Waals surface area (Å²) in [7, 11) is 0. The number of unbranched alkanes of at least 4 members (excludes halogenated alkanes) is 2. The highest BCUT2D eigenvalue weighted by molar-refractivity contribution is 6.18. The van der Waals surface area contributed by atoms with Crippen molar-refractivity contribution in [3.05, 3.63) is 0 Å². The summed E-state index contributed by atoms with van der Waals surface area (Å²) in [6.07, 6.45) is 4.78. The number of alkyl halides is 1. The van der Waals surface area contributed by atoms with Gasteiger partial charge in [0.15, 0.2) is 0 Å². The topological polar surface area (TPSA) is 103 Å². The van der Waals surface area contributed by atoms with Crippen LogP contribution >= 0.6 is 11.6 Å². The molecule has 3 saturated heterocycles. The van der Waals surface area contributed by atoms with Crippen LogP contribution in [0, 0.1) is 11.8 Å². The lowest BCUT2D eigenvalue weighted by atomic mass is 9.90. The normalized spacial score (nSPS) is 45.3. The van der Waals surface area contributed by atoms with Crippen LogP contribution < -0.4 is 16.4 Å². The predicted molar refractivity (Wildman–Crippen MR) is 111 cm³/mol. The third-order valence-corrected chi connectivity index (χ3v) is 7.41. The molecule has 3 aliphatic heterocycles. The zero-order valence-electron chi connectivity index (χ0n) is 17.5. The van der Waals surface area contributed by atoms with Gasteiger partial charge in [0.25, 0.3) is 0 Å². The van der Waals surface area contributed by atoms with Gasteiger partial charge in [-0.2, -0.15) is 0 Å². The van der Waals surface area contributed by atoms with E-state index in [-0.39, 0.29) is 30.3 Å². The van der Waals surface area contributed by atoms with Gasteiger partial charge >= 0.3 is 0 Å². The summed E-state index contributed by atoms with van der Waals surface area (Å²) in [4.78, 5) is 2.14. The van der Waals surface area contributed by atoms with E-state index in [1.807, 2.05) is 0 Å². The fourth-order valence-electron chi connectivity index (χ4n) is 5.13. The quantitative estimate of drug-likeness (QED) is 0.297. The average Bonchev–Trinajstić information content (AvgIpc) is 3.18. The second-order valence-electron chi connectivity index (χ2n) is 8.98. The molecule has 9 atom stereocenters. The number of rotatable bonds is 8. The molecule has 7 nitrogen and oxygen atoms in total. The van der Waals surface area contributed by atoms with Crippen LogP contribution in [0.4, 0.5) is 0 Å². The van der Waals surface area contributed by atoms with Crippen molar-refractivity contribution < 1.29 is 14.9 Å². The number of fused-ring (bicyclic) bond motifs is 1. The van der Waals surface area contributed by atoms with Crippen LogP contribution in [0.3, 0.4) is 0 Å². The van der Waals surface area contributed by atoms with E-state index >= 15 is 0 Å². The highest BCUT2D eigenvalue weighted by atomic mass is 35.5. The van der Waals surface area contributed by atoms with E-state index < -0.39 is 24.0 Å². The summed E-state index contributed by atoms with van der Waals surface area (Å²) >= 11 is 5.97. The molecule has 3 heterocycles. The fraction of sp³-hybridized carbons (Fsp3) is 1.00. The van der Waals surface area contributed by atoms with Gasteiger partial charge in [0.1, 0.15) is 24.0 Å². The maximum Gasteiger partial charge on any atom is 0.141 e. The first-order valence-electron chi connectivity index (χ1n) is 11.0. The van der Waals surface area contributed by atoms with E-state index in [0.29, 0.717) is 5.92 Å². The maximum atomic E-state index is 10.7. The predicted octanol–water partition coefficient (Wildman–Crippen LogP) is 1.12. The number of ether oxygens (including phenoxy) is 1. The van der Waals surface area contributed by atoms with Crippen molar-refractivity contribution in [1.29, 1.82) is 0 Å². The molecule has 5 unspecified atom stereocenters. The number of aliphatic hydroxyl groups excluding tert-OH is 1. The number of halogens is 1. The van der Waals surface area contributed by atoms with Gasteiger partial charge in [-0.3, -0.25) is 15.5 Å². The molecule has 0 bridgehead atoms. The van der Waals surface area contributed by atoms with Crippen LogP contribution in [-0.4, -0.2) is 70.1 Å². The summed E-state index contributed by atoms with van der Waals surface area (Å²) in [6, 6.07) is 0. The van der Waals surface area contributed by atoms with Gasteiger partial charge in [0.05, 0.1) is 24.4 Å². The third-order valence-electron chi connectivity index (χ3n) is 7.13. The summed E-state index contributed by atoms with van der Waals surface area (Å²) in [5.74, 6) is 0.893. The minimum atomic E-state index is -1.36. The number of likely N-dealkylation sites (tertiary alicyclic amines) is 1. The Hall–Kier alpha value is 0.01000. The van der Waals surface area contributed by atoms with Gasteiger partial charge < -0.3 is 20.7 Å². The molecular formula is C20H39ClN4O3. The Bertz CT molecular complexity index is 512. The molecule has 3 rings (SSSR count). The van der Waals surface area contributed by atoms with E-state index in [4.69, 9.17) is 22.1 Å². The average molecular weight is 419 g/mol. The Balaban J connectivity index is 1.71. The molecule has 3 aliphatic rings. The van der Waals surface area contributed by atoms with Crippen molar-refractivity contribution in [1.82, 2.24) is 15.5 Å². The number of nitrogens with one attached hydrogen (secondary N) is 2.